The zero-order valence-corrected chi connectivity index (χ0v) is 21.2. The number of ether oxygens (including phenoxy) is 1. The van der Waals surface area contributed by atoms with Crippen LogP contribution in [0.3, 0.4) is 0 Å². The molecular formula is C27H38N2O5S. The van der Waals surface area contributed by atoms with Crippen molar-refractivity contribution in [3.8, 4) is 5.75 Å². The first kappa shape index (κ1) is 23.7. The number of hydrogen-bond acceptors (Lipinski definition) is 5. The van der Waals surface area contributed by atoms with E-state index < -0.39 is 15.6 Å². The highest BCUT2D eigenvalue weighted by molar-refractivity contribution is 7.90. The zero-order valence-electron chi connectivity index (χ0n) is 20.4. The van der Waals surface area contributed by atoms with Crippen molar-refractivity contribution in [2.75, 3.05) is 19.7 Å². The molecule has 0 aromatic heterocycles. The SMILES string of the molecule is O=C(NC1C2CC3CC1CC(O)(C3)C2)c1cccc(OCCC2CCN(S(=O)(=O)C3CC3)CC2)c1. The number of benzene rings is 1. The molecule has 1 heterocycles. The van der Waals surface area contributed by atoms with E-state index in [1.807, 2.05) is 24.3 Å². The van der Waals surface area contributed by atoms with Gasteiger partial charge in [-0.15, -0.1) is 0 Å². The van der Waals surface area contributed by atoms with Crippen LogP contribution in [0.4, 0.5) is 0 Å². The van der Waals surface area contributed by atoms with Gasteiger partial charge in [0.15, 0.2) is 0 Å². The lowest BCUT2D eigenvalue weighted by atomic mass is 9.52. The normalized spacial score (nSPS) is 35.2. The number of carbonyl (C=O) groups is 1. The second-order valence-corrected chi connectivity index (χ2v) is 14.2. The fraction of sp³-hybridized carbons (Fsp3) is 0.741. The van der Waals surface area contributed by atoms with E-state index in [0.29, 0.717) is 54.7 Å². The summed E-state index contributed by atoms with van der Waals surface area (Å²) in [5, 5.41) is 14.0. The average molecular weight is 503 g/mol. The first-order chi connectivity index (χ1) is 16.8. The Morgan fingerprint density at radius 3 is 2.46 bits per heavy atom. The number of piperidine rings is 1. The largest absolute Gasteiger partial charge is 0.494 e. The molecule has 7 rings (SSSR count). The fourth-order valence-corrected chi connectivity index (χ4v) is 9.42. The Balaban J connectivity index is 0.982. The molecule has 7 nitrogen and oxygen atoms in total. The van der Waals surface area contributed by atoms with Gasteiger partial charge >= 0.3 is 0 Å². The van der Waals surface area contributed by atoms with Gasteiger partial charge in [-0.05, 0) is 106 Å². The van der Waals surface area contributed by atoms with Gasteiger partial charge in [-0.2, -0.15) is 0 Å². The smallest absolute Gasteiger partial charge is 0.251 e. The second-order valence-electron chi connectivity index (χ2n) is 11.9. The molecule has 8 heteroatoms. The van der Waals surface area contributed by atoms with E-state index in [1.54, 1.807) is 4.31 Å². The van der Waals surface area contributed by atoms with Crippen LogP contribution in [0, 0.1) is 23.7 Å². The summed E-state index contributed by atoms with van der Waals surface area (Å²) >= 11 is 0. The molecule has 0 radical (unpaired) electrons. The van der Waals surface area contributed by atoms with Crippen molar-refractivity contribution in [3.63, 3.8) is 0 Å². The predicted molar refractivity (Wildman–Crippen MR) is 133 cm³/mol. The van der Waals surface area contributed by atoms with Gasteiger partial charge in [-0.25, -0.2) is 12.7 Å². The van der Waals surface area contributed by atoms with Crippen molar-refractivity contribution >= 4 is 15.9 Å². The maximum Gasteiger partial charge on any atom is 0.251 e. The monoisotopic (exact) mass is 502 g/mol. The number of sulfonamides is 1. The number of nitrogens with one attached hydrogen (secondary N) is 1. The third-order valence-electron chi connectivity index (χ3n) is 9.31. The molecule has 2 unspecified atom stereocenters. The zero-order chi connectivity index (χ0) is 24.2. The molecule has 4 bridgehead atoms. The number of amides is 1. The van der Waals surface area contributed by atoms with Crippen LogP contribution < -0.4 is 10.1 Å². The molecule has 1 amide bonds. The summed E-state index contributed by atoms with van der Waals surface area (Å²) in [5.41, 5.74) is 0.127. The minimum absolute atomic E-state index is 0.0517. The lowest BCUT2D eigenvalue weighted by molar-refractivity contribution is -0.136. The number of nitrogens with zero attached hydrogens (tertiary/aromatic N) is 1. The standard InChI is InChI=1S/C27H38N2O5S/c30-26(28-25-21-12-19-13-22(25)17-27(31,15-19)16-21)20-2-1-3-23(14-20)34-11-8-18-6-9-29(10-7-18)35(32,33)24-4-5-24/h1-3,14,18-19,21-22,24-25,31H,4-13,15-17H2,(H,28,30). The lowest BCUT2D eigenvalue weighted by Crippen LogP contribution is -2.61. The molecule has 5 saturated carbocycles. The van der Waals surface area contributed by atoms with Crippen LogP contribution in [0.5, 0.6) is 5.75 Å². The van der Waals surface area contributed by atoms with Gasteiger partial charge in [0, 0.05) is 24.7 Å². The van der Waals surface area contributed by atoms with E-state index in [1.165, 1.54) is 0 Å². The summed E-state index contributed by atoms with van der Waals surface area (Å²) in [6.07, 6.45) is 9.13. The van der Waals surface area contributed by atoms with E-state index in [0.717, 1.165) is 64.2 Å². The Kier molecular flexibility index (Phi) is 6.13. The molecular weight excluding hydrogens is 464 g/mol. The molecule has 5 aliphatic carbocycles. The fourth-order valence-electron chi connectivity index (χ4n) is 7.55. The molecule has 2 N–H and O–H groups in total. The van der Waals surface area contributed by atoms with E-state index in [-0.39, 0.29) is 17.2 Å². The Morgan fingerprint density at radius 2 is 1.80 bits per heavy atom. The van der Waals surface area contributed by atoms with Gasteiger partial charge in [0.1, 0.15) is 5.75 Å². The van der Waals surface area contributed by atoms with Gasteiger partial charge < -0.3 is 15.2 Å². The highest BCUT2D eigenvalue weighted by Gasteiger charge is 2.55. The Bertz CT molecular complexity index is 1050. The highest BCUT2D eigenvalue weighted by atomic mass is 32.2. The van der Waals surface area contributed by atoms with Crippen LogP contribution in [0.15, 0.2) is 24.3 Å². The molecule has 192 valence electrons. The molecule has 1 aromatic rings. The van der Waals surface area contributed by atoms with Crippen molar-refractivity contribution in [1.82, 2.24) is 9.62 Å². The molecule has 35 heavy (non-hydrogen) atoms. The Labute approximate surface area is 208 Å². The van der Waals surface area contributed by atoms with Crippen LogP contribution in [0.1, 0.15) is 74.6 Å². The van der Waals surface area contributed by atoms with E-state index in [2.05, 4.69) is 5.32 Å². The van der Waals surface area contributed by atoms with Crippen molar-refractivity contribution < 1.29 is 23.1 Å². The summed E-state index contributed by atoms with van der Waals surface area (Å²) in [6, 6.07) is 7.58. The molecule has 6 fully saturated rings. The minimum Gasteiger partial charge on any atom is -0.494 e. The first-order valence-electron chi connectivity index (χ1n) is 13.5. The number of hydrogen-bond donors (Lipinski definition) is 2. The molecule has 6 aliphatic rings. The highest BCUT2D eigenvalue weighted by Crippen LogP contribution is 2.55. The topological polar surface area (TPSA) is 95.9 Å². The van der Waals surface area contributed by atoms with Crippen LogP contribution in [-0.2, 0) is 10.0 Å². The van der Waals surface area contributed by atoms with Crippen LogP contribution in [0.2, 0.25) is 0 Å². The van der Waals surface area contributed by atoms with Crippen LogP contribution >= 0.6 is 0 Å². The lowest BCUT2D eigenvalue weighted by Gasteiger charge is -2.58. The van der Waals surface area contributed by atoms with Gasteiger partial charge in [-0.3, -0.25) is 4.79 Å². The maximum atomic E-state index is 13.1. The number of aliphatic hydroxyl groups is 1. The van der Waals surface area contributed by atoms with Gasteiger partial charge in [0.2, 0.25) is 10.0 Å². The maximum absolute atomic E-state index is 13.1. The number of carbonyl (C=O) groups excluding carboxylic acids is 1. The van der Waals surface area contributed by atoms with Crippen LogP contribution in [-0.4, -0.2) is 60.3 Å². The molecule has 1 aliphatic heterocycles. The van der Waals surface area contributed by atoms with E-state index in [4.69, 9.17) is 4.74 Å². The van der Waals surface area contributed by atoms with Crippen LogP contribution in [0.25, 0.3) is 0 Å². The average Bonchev–Trinajstić information content (AvgIpc) is 3.67. The van der Waals surface area contributed by atoms with Gasteiger partial charge in [0.05, 0.1) is 17.5 Å². The summed E-state index contributed by atoms with van der Waals surface area (Å²) in [7, 11) is -3.06. The van der Waals surface area contributed by atoms with Crippen molar-refractivity contribution in [2.45, 2.75) is 81.1 Å². The van der Waals surface area contributed by atoms with Gasteiger partial charge in [0.25, 0.3) is 5.91 Å². The Morgan fingerprint density at radius 1 is 1.09 bits per heavy atom. The summed E-state index contributed by atoms with van der Waals surface area (Å²) < 4.78 is 32.5. The molecule has 2 atom stereocenters. The molecule has 0 spiro atoms. The Hall–Kier alpha value is -1.64. The summed E-state index contributed by atoms with van der Waals surface area (Å²) in [5.74, 6) is 2.52. The minimum atomic E-state index is -3.06. The van der Waals surface area contributed by atoms with Crippen molar-refractivity contribution in [2.24, 2.45) is 23.7 Å². The first-order valence-corrected chi connectivity index (χ1v) is 15.0. The van der Waals surface area contributed by atoms with Crippen molar-refractivity contribution in [1.29, 1.82) is 0 Å². The predicted octanol–water partition coefficient (Wildman–Crippen LogP) is 3.33. The molecule has 1 aromatic carbocycles. The third kappa shape index (κ3) is 4.86. The quantitative estimate of drug-likeness (QED) is 0.569. The summed E-state index contributed by atoms with van der Waals surface area (Å²) in [4.78, 5) is 13.1. The van der Waals surface area contributed by atoms with Gasteiger partial charge in [-0.1, -0.05) is 6.07 Å². The van der Waals surface area contributed by atoms with E-state index >= 15 is 0 Å². The molecule has 1 saturated heterocycles. The van der Waals surface area contributed by atoms with E-state index in [9.17, 15) is 18.3 Å². The van der Waals surface area contributed by atoms with Crippen molar-refractivity contribution in [3.05, 3.63) is 29.8 Å². The number of rotatable bonds is 8. The third-order valence-corrected chi connectivity index (χ3v) is 11.7. The second kappa shape index (κ2) is 9.03. The summed E-state index contributed by atoms with van der Waals surface area (Å²) in [6.45, 7) is 1.82.